The highest BCUT2D eigenvalue weighted by Gasteiger charge is 2.61. The van der Waals surface area contributed by atoms with Crippen molar-refractivity contribution in [2.24, 2.45) is 22.2 Å². The minimum Gasteiger partial charge on any atom is -0.480 e. The summed E-state index contributed by atoms with van der Waals surface area (Å²) in [7, 11) is 0. The number of nitrogens with one attached hydrogen (secondary N) is 1. The molecule has 4 rings (SSSR count). The van der Waals surface area contributed by atoms with Crippen LogP contribution in [0.2, 0.25) is 0 Å². The van der Waals surface area contributed by atoms with Crippen molar-refractivity contribution in [2.75, 3.05) is 0 Å². The molecule has 4 nitrogen and oxygen atoms in total. The van der Waals surface area contributed by atoms with E-state index < -0.39 is 11.4 Å². The van der Waals surface area contributed by atoms with Gasteiger partial charge in [-0.25, -0.2) is 0 Å². The Morgan fingerprint density at radius 1 is 1.05 bits per heavy atom. The van der Waals surface area contributed by atoms with Crippen LogP contribution in [0.1, 0.15) is 66.2 Å². The van der Waals surface area contributed by atoms with Crippen LogP contribution in [0, 0.1) is 22.2 Å². The Bertz CT molecular complexity index is 492. The van der Waals surface area contributed by atoms with Crippen molar-refractivity contribution in [3.63, 3.8) is 0 Å². The lowest BCUT2D eigenvalue weighted by atomic mass is 9.42. The minimum absolute atomic E-state index is 0.174. The molecule has 0 heterocycles. The molecule has 0 aromatic rings. The second-order valence-electron chi connectivity index (χ2n) is 9.29. The normalized spacial score (nSPS) is 44.7. The predicted molar refractivity (Wildman–Crippen MR) is 79.7 cm³/mol. The lowest BCUT2D eigenvalue weighted by Crippen LogP contribution is -2.66. The molecular formula is C17H27NO3. The third kappa shape index (κ3) is 2.27. The van der Waals surface area contributed by atoms with Crippen molar-refractivity contribution in [2.45, 2.75) is 71.8 Å². The first-order valence-corrected chi connectivity index (χ1v) is 8.04. The number of carbonyl (C=O) groups excluding carboxylic acids is 1. The fraction of sp³-hybridized carbons (Fsp3) is 0.882. The van der Waals surface area contributed by atoms with Gasteiger partial charge in [-0.1, -0.05) is 13.8 Å². The lowest BCUT2D eigenvalue weighted by molar-refractivity contribution is -0.158. The molecule has 0 saturated heterocycles. The van der Waals surface area contributed by atoms with Gasteiger partial charge in [0.1, 0.15) is 5.41 Å². The highest BCUT2D eigenvalue weighted by Crippen LogP contribution is 2.66. The molecule has 4 saturated carbocycles. The summed E-state index contributed by atoms with van der Waals surface area (Å²) in [6.07, 6.45) is 6.82. The summed E-state index contributed by atoms with van der Waals surface area (Å²) < 4.78 is 0. The molecule has 2 N–H and O–H groups in total. The molecule has 21 heavy (non-hydrogen) atoms. The molecule has 1 amide bonds. The van der Waals surface area contributed by atoms with Crippen LogP contribution in [0.4, 0.5) is 0 Å². The fourth-order valence-corrected chi connectivity index (χ4v) is 6.08. The van der Waals surface area contributed by atoms with E-state index in [0.717, 1.165) is 19.3 Å². The average molecular weight is 293 g/mol. The highest BCUT2D eigenvalue weighted by molar-refractivity contribution is 6.01. The van der Waals surface area contributed by atoms with Crippen LogP contribution in [-0.2, 0) is 9.59 Å². The molecule has 2 unspecified atom stereocenters. The smallest absolute Gasteiger partial charge is 0.318 e. The van der Waals surface area contributed by atoms with Gasteiger partial charge in [-0.15, -0.1) is 0 Å². The van der Waals surface area contributed by atoms with E-state index in [-0.39, 0.29) is 11.4 Å². The maximum Gasteiger partial charge on any atom is 0.318 e. The number of hydrogen-bond donors (Lipinski definition) is 2. The van der Waals surface area contributed by atoms with Crippen molar-refractivity contribution < 1.29 is 14.7 Å². The molecular weight excluding hydrogens is 266 g/mol. The summed E-state index contributed by atoms with van der Waals surface area (Å²) in [5, 5.41) is 12.4. The van der Waals surface area contributed by atoms with E-state index in [1.807, 2.05) is 0 Å². The van der Waals surface area contributed by atoms with Gasteiger partial charge >= 0.3 is 5.97 Å². The molecule has 0 aliphatic heterocycles. The first-order valence-electron chi connectivity index (χ1n) is 8.04. The zero-order valence-electron chi connectivity index (χ0n) is 13.6. The van der Waals surface area contributed by atoms with Gasteiger partial charge < -0.3 is 10.4 Å². The number of hydrogen-bond acceptors (Lipinski definition) is 2. The topological polar surface area (TPSA) is 66.4 Å². The van der Waals surface area contributed by atoms with Gasteiger partial charge in [0.25, 0.3) is 0 Å². The van der Waals surface area contributed by atoms with E-state index in [1.165, 1.54) is 33.1 Å². The van der Waals surface area contributed by atoms with Crippen LogP contribution < -0.4 is 5.32 Å². The summed E-state index contributed by atoms with van der Waals surface area (Å²) in [5.74, 6) is -0.698. The van der Waals surface area contributed by atoms with E-state index >= 15 is 0 Å². The molecule has 0 radical (unpaired) electrons. The Morgan fingerprint density at radius 2 is 1.57 bits per heavy atom. The summed E-state index contributed by atoms with van der Waals surface area (Å²) in [4.78, 5) is 23.8. The van der Waals surface area contributed by atoms with E-state index in [4.69, 9.17) is 0 Å². The molecule has 0 spiro atoms. The predicted octanol–water partition coefficient (Wildman–Crippen LogP) is 2.96. The Hall–Kier alpha value is -1.06. The zero-order valence-corrected chi connectivity index (χ0v) is 13.6. The quantitative estimate of drug-likeness (QED) is 0.786. The summed E-state index contributed by atoms with van der Waals surface area (Å²) in [6, 6.07) is 0. The van der Waals surface area contributed by atoms with Gasteiger partial charge in [-0.05, 0) is 69.1 Å². The zero-order chi connectivity index (χ0) is 15.7. The standard InChI is InChI=1S/C17H27NO3/c1-14(2,13(20)21)12(19)18-17-7-11-5-15(3,9-17)8-16(4,6-11)10-17/h11H,5-10H2,1-4H3,(H,18,19)(H,20,21). The maximum absolute atomic E-state index is 12.5. The summed E-state index contributed by atoms with van der Waals surface area (Å²) >= 11 is 0. The first kappa shape index (κ1) is 14.9. The van der Waals surface area contributed by atoms with Crippen LogP contribution in [0.5, 0.6) is 0 Å². The van der Waals surface area contributed by atoms with Crippen LogP contribution in [0.25, 0.3) is 0 Å². The fourth-order valence-electron chi connectivity index (χ4n) is 6.08. The summed E-state index contributed by atoms with van der Waals surface area (Å²) in [5.41, 5.74) is -0.901. The molecule has 4 aliphatic rings. The van der Waals surface area contributed by atoms with Gasteiger partial charge in [-0.2, -0.15) is 0 Å². The average Bonchev–Trinajstić information content (AvgIpc) is 2.22. The van der Waals surface area contributed by atoms with Crippen molar-refractivity contribution >= 4 is 11.9 Å². The largest absolute Gasteiger partial charge is 0.480 e. The van der Waals surface area contributed by atoms with Crippen molar-refractivity contribution in [3.8, 4) is 0 Å². The Kier molecular flexibility index (Phi) is 2.84. The third-order valence-electron chi connectivity index (χ3n) is 6.11. The number of carboxylic acid groups (broad SMARTS) is 1. The van der Waals surface area contributed by atoms with Crippen molar-refractivity contribution in [1.29, 1.82) is 0 Å². The lowest BCUT2D eigenvalue weighted by Gasteiger charge is -2.65. The van der Waals surface area contributed by atoms with Crippen LogP contribution in [0.3, 0.4) is 0 Å². The Morgan fingerprint density at radius 3 is 2.00 bits per heavy atom. The second kappa shape index (κ2) is 4.02. The SMILES string of the molecule is CC12CC3CC(C)(C1)CC(NC(=O)C(C)(C)C(=O)O)(C3)C2. The maximum atomic E-state index is 12.5. The van der Waals surface area contributed by atoms with E-state index in [1.54, 1.807) is 0 Å². The molecule has 0 aromatic carbocycles. The Labute approximate surface area is 126 Å². The number of rotatable bonds is 3. The van der Waals surface area contributed by atoms with Gasteiger partial charge in [0.15, 0.2) is 0 Å². The molecule has 4 aliphatic carbocycles. The van der Waals surface area contributed by atoms with Crippen LogP contribution >= 0.6 is 0 Å². The van der Waals surface area contributed by atoms with Gasteiger partial charge in [0.2, 0.25) is 5.91 Å². The van der Waals surface area contributed by atoms with Gasteiger partial charge in [0, 0.05) is 5.54 Å². The van der Waals surface area contributed by atoms with Gasteiger partial charge in [-0.3, -0.25) is 9.59 Å². The van der Waals surface area contributed by atoms with Crippen molar-refractivity contribution in [1.82, 2.24) is 5.32 Å². The number of carbonyl (C=O) groups is 2. The molecule has 0 aromatic heterocycles. The highest BCUT2D eigenvalue weighted by atomic mass is 16.4. The molecule has 118 valence electrons. The molecule has 4 fully saturated rings. The molecule has 4 heteroatoms. The second-order valence-corrected chi connectivity index (χ2v) is 9.29. The number of carboxylic acids is 1. The van der Waals surface area contributed by atoms with Crippen LogP contribution in [0.15, 0.2) is 0 Å². The van der Waals surface area contributed by atoms with E-state index in [2.05, 4.69) is 19.2 Å². The van der Waals surface area contributed by atoms with Crippen molar-refractivity contribution in [3.05, 3.63) is 0 Å². The van der Waals surface area contributed by atoms with E-state index in [0.29, 0.717) is 16.7 Å². The number of aliphatic carboxylic acids is 1. The number of amides is 1. The summed E-state index contributed by atoms with van der Waals surface area (Å²) in [6.45, 7) is 7.68. The molecule has 4 bridgehead atoms. The Balaban J connectivity index is 1.86. The van der Waals surface area contributed by atoms with E-state index in [9.17, 15) is 14.7 Å². The minimum atomic E-state index is -1.36. The van der Waals surface area contributed by atoms with Gasteiger partial charge in [0.05, 0.1) is 0 Å². The monoisotopic (exact) mass is 293 g/mol. The van der Waals surface area contributed by atoms with Crippen LogP contribution in [-0.4, -0.2) is 22.5 Å². The molecule has 2 atom stereocenters. The first-order chi connectivity index (χ1) is 9.48. The third-order valence-corrected chi connectivity index (χ3v) is 6.11.